The van der Waals surface area contributed by atoms with Crippen LogP contribution in [0.25, 0.3) is 0 Å². The third-order valence-corrected chi connectivity index (χ3v) is 7.64. The van der Waals surface area contributed by atoms with E-state index in [1.807, 2.05) is 0 Å². The van der Waals surface area contributed by atoms with Gasteiger partial charge in [-0.2, -0.15) is 0 Å². The van der Waals surface area contributed by atoms with Crippen LogP contribution in [0.1, 0.15) is 49.4 Å². The summed E-state index contributed by atoms with van der Waals surface area (Å²) in [6.45, 7) is 4.67. The first-order valence-corrected chi connectivity index (χ1v) is 12.1. The first kappa shape index (κ1) is 24.2. The van der Waals surface area contributed by atoms with Crippen LogP contribution in [0.4, 0.5) is 5.69 Å². The van der Waals surface area contributed by atoms with Crippen LogP contribution < -0.4 is 4.72 Å². The number of aromatic amines is 1. The lowest BCUT2D eigenvalue weighted by molar-refractivity contribution is 0.0316. The van der Waals surface area contributed by atoms with Crippen molar-refractivity contribution in [1.82, 2.24) is 4.98 Å². The normalized spacial score (nSPS) is 12.1. The number of benzene rings is 1. The first-order chi connectivity index (χ1) is 15.5. The topological polar surface area (TPSA) is 132 Å². The average molecular weight is 491 g/mol. The van der Waals surface area contributed by atoms with Crippen LogP contribution in [0.15, 0.2) is 46.0 Å². The monoisotopic (exact) mass is 490 g/mol. The standard InChI is InChI=1S/C22H22N2O7S2/c1-12-18(22(27)30-4)13(2)23-19(12)20(25)14(3)31-21(26)15-7-9-16(10-8-15)24-33(28,29)17-6-5-11-32-17/h5-11,14,23-24H,1-4H3. The summed E-state index contributed by atoms with van der Waals surface area (Å²) in [6.07, 6.45) is -1.13. The molecule has 0 saturated carbocycles. The lowest BCUT2D eigenvalue weighted by Crippen LogP contribution is -2.25. The number of carbonyl (C=O) groups excluding carboxylic acids is 3. The molecule has 1 aromatic carbocycles. The van der Waals surface area contributed by atoms with Crippen LogP contribution in [-0.4, -0.2) is 44.3 Å². The van der Waals surface area contributed by atoms with E-state index >= 15 is 0 Å². The lowest BCUT2D eigenvalue weighted by atomic mass is 10.1. The van der Waals surface area contributed by atoms with E-state index in [2.05, 4.69) is 9.71 Å². The van der Waals surface area contributed by atoms with E-state index in [0.29, 0.717) is 11.3 Å². The summed E-state index contributed by atoms with van der Waals surface area (Å²) in [5.74, 6) is -1.82. The Balaban J connectivity index is 1.69. The minimum Gasteiger partial charge on any atom is -0.465 e. The number of anilines is 1. The van der Waals surface area contributed by atoms with Gasteiger partial charge in [0.25, 0.3) is 10.0 Å². The Hall–Kier alpha value is -3.44. The molecule has 9 nitrogen and oxygen atoms in total. The van der Waals surface area contributed by atoms with Crippen LogP contribution in [0.5, 0.6) is 0 Å². The molecular formula is C22H22N2O7S2. The predicted octanol–water partition coefficient (Wildman–Crippen LogP) is 3.71. The molecule has 3 aromatic rings. The zero-order valence-corrected chi connectivity index (χ0v) is 19.9. The number of aromatic nitrogens is 1. The van der Waals surface area contributed by atoms with Gasteiger partial charge in [0.05, 0.1) is 23.9 Å². The number of thiophene rings is 1. The molecule has 0 saturated heterocycles. The van der Waals surface area contributed by atoms with Crippen molar-refractivity contribution >= 4 is 44.8 Å². The summed E-state index contributed by atoms with van der Waals surface area (Å²) in [4.78, 5) is 40.1. The summed E-state index contributed by atoms with van der Waals surface area (Å²) in [5, 5.41) is 1.66. The van der Waals surface area contributed by atoms with Gasteiger partial charge in [0, 0.05) is 11.4 Å². The molecule has 0 amide bonds. The third-order valence-electron chi connectivity index (χ3n) is 4.86. The molecule has 0 fully saturated rings. The molecule has 2 N–H and O–H groups in total. The molecule has 0 aliphatic rings. The van der Waals surface area contributed by atoms with Gasteiger partial charge in [-0.3, -0.25) is 9.52 Å². The van der Waals surface area contributed by atoms with Crippen molar-refractivity contribution in [2.45, 2.75) is 31.1 Å². The van der Waals surface area contributed by atoms with Crippen LogP contribution in [-0.2, 0) is 19.5 Å². The third kappa shape index (κ3) is 5.15. The lowest BCUT2D eigenvalue weighted by Gasteiger charge is -2.13. The number of sulfonamides is 1. The predicted molar refractivity (Wildman–Crippen MR) is 122 cm³/mol. The van der Waals surface area contributed by atoms with E-state index in [9.17, 15) is 22.8 Å². The Bertz CT molecular complexity index is 1290. The highest BCUT2D eigenvalue weighted by molar-refractivity contribution is 7.94. The fraction of sp³-hybridized carbons (Fsp3) is 0.227. The molecule has 3 rings (SSSR count). The Morgan fingerprint density at radius 1 is 1.06 bits per heavy atom. The van der Waals surface area contributed by atoms with Crippen molar-refractivity contribution in [2.24, 2.45) is 0 Å². The van der Waals surface area contributed by atoms with Gasteiger partial charge in [0.15, 0.2) is 6.10 Å². The van der Waals surface area contributed by atoms with Gasteiger partial charge in [-0.25, -0.2) is 18.0 Å². The number of H-pyrrole nitrogens is 1. The molecule has 174 valence electrons. The summed E-state index contributed by atoms with van der Waals surface area (Å²) < 4.78 is 37.2. The van der Waals surface area contributed by atoms with E-state index < -0.39 is 33.8 Å². The number of ketones is 1. The SMILES string of the molecule is COC(=O)c1c(C)[nH]c(C(=O)C(C)OC(=O)c2ccc(NS(=O)(=O)c3cccs3)cc2)c1C. The van der Waals surface area contributed by atoms with Crippen molar-refractivity contribution < 1.29 is 32.3 Å². The van der Waals surface area contributed by atoms with Crippen LogP contribution in [0, 0.1) is 13.8 Å². The number of aryl methyl sites for hydroxylation is 1. The Morgan fingerprint density at radius 3 is 2.30 bits per heavy atom. The minimum atomic E-state index is -3.71. The van der Waals surface area contributed by atoms with E-state index in [4.69, 9.17) is 9.47 Å². The number of esters is 2. The molecule has 0 spiro atoms. The average Bonchev–Trinajstić information content (AvgIpc) is 3.42. The number of hydrogen-bond acceptors (Lipinski definition) is 8. The zero-order chi connectivity index (χ0) is 24.3. The Morgan fingerprint density at radius 2 is 1.73 bits per heavy atom. The smallest absolute Gasteiger partial charge is 0.339 e. The molecule has 33 heavy (non-hydrogen) atoms. The first-order valence-electron chi connectivity index (χ1n) is 9.74. The number of carbonyl (C=O) groups is 3. The van der Waals surface area contributed by atoms with Crippen molar-refractivity contribution in [1.29, 1.82) is 0 Å². The van der Waals surface area contributed by atoms with Crippen LogP contribution in [0.2, 0.25) is 0 Å². The Labute approximate surface area is 194 Å². The number of Topliss-reactive ketones (excluding diaryl/α,β-unsaturated/α-hetero) is 1. The molecule has 2 aromatic heterocycles. The van der Waals surface area contributed by atoms with Crippen molar-refractivity contribution in [3.63, 3.8) is 0 Å². The van der Waals surface area contributed by atoms with Gasteiger partial charge in [0.1, 0.15) is 4.21 Å². The van der Waals surface area contributed by atoms with Crippen molar-refractivity contribution in [3.05, 3.63) is 69.9 Å². The molecular weight excluding hydrogens is 468 g/mol. The van der Waals surface area contributed by atoms with E-state index in [1.54, 1.807) is 25.3 Å². The van der Waals surface area contributed by atoms with Gasteiger partial charge in [0.2, 0.25) is 5.78 Å². The Kier molecular flexibility index (Phi) is 7.04. The molecule has 2 heterocycles. The maximum atomic E-state index is 12.8. The number of nitrogens with one attached hydrogen (secondary N) is 2. The maximum Gasteiger partial charge on any atom is 0.339 e. The van der Waals surface area contributed by atoms with Gasteiger partial charge >= 0.3 is 11.9 Å². The van der Waals surface area contributed by atoms with E-state index in [1.165, 1.54) is 44.4 Å². The van der Waals surface area contributed by atoms with Gasteiger partial charge in [-0.05, 0) is 62.0 Å². The second-order valence-electron chi connectivity index (χ2n) is 7.14. The molecule has 0 aliphatic heterocycles. The fourth-order valence-electron chi connectivity index (χ4n) is 3.19. The number of rotatable bonds is 8. The summed E-state index contributed by atoms with van der Waals surface area (Å²) in [7, 11) is -2.46. The second kappa shape index (κ2) is 9.59. The highest BCUT2D eigenvalue weighted by Gasteiger charge is 2.27. The van der Waals surface area contributed by atoms with Gasteiger partial charge in [-0.1, -0.05) is 6.07 Å². The van der Waals surface area contributed by atoms with Gasteiger partial charge in [-0.15, -0.1) is 11.3 Å². The van der Waals surface area contributed by atoms with Gasteiger partial charge < -0.3 is 14.5 Å². The highest BCUT2D eigenvalue weighted by atomic mass is 32.2. The largest absolute Gasteiger partial charge is 0.465 e. The molecule has 1 atom stereocenters. The zero-order valence-electron chi connectivity index (χ0n) is 18.3. The highest BCUT2D eigenvalue weighted by Crippen LogP contribution is 2.22. The number of ether oxygens (including phenoxy) is 2. The fourth-order valence-corrected chi connectivity index (χ4v) is 5.24. The maximum absolute atomic E-state index is 12.8. The second-order valence-corrected chi connectivity index (χ2v) is 10.0. The van der Waals surface area contributed by atoms with Crippen molar-refractivity contribution in [3.8, 4) is 0 Å². The molecule has 0 aliphatic carbocycles. The summed E-state index contributed by atoms with van der Waals surface area (Å²) >= 11 is 1.09. The summed E-state index contributed by atoms with van der Waals surface area (Å²) in [5.41, 5.74) is 1.73. The van der Waals surface area contributed by atoms with E-state index in [-0.39, 0.29) is 26.7 Å². The molecule has 11 heteroatoms. The quantitative estimate of drug-likeness (QED) is 0.363. The minimum absolute atomic E-state index is 0.142. The molecule has 0 bridgehead atoms. The number of methoxy groups -OCH3 is 1. The molecule has 1 unspecified atom stereocenters. The summed E-state index contributed by atoms with van der Waals surface area (Å²) in [6, 6.07) is 8.76. The van der Waals surface area contributed by atoms with Crippen molar-refractivity contribution in [2.75, 3.05) is 11.8 Å². The number of hydrogen-bond donors (Lipinski definition) is 2. The molecule has 0 radical (unpaired) electrons. The van der Waals surface area contributed by atoms with Crippen LogP contribution >= 0.6 is 11.3 Å². The van der Waals surface area contributed by atoms with E-state index in [0.717, 1.165) is 11.3 Å². The van der Waals surface area contributed by atoms with Crippen LogP contribution in [0.3, 0.4) is 0 Å².